The second-order valence-corrected chi connectivity index (χ2v) is 7.90. The molecule has 3 heterocycles. The van der Waals surface area contributed by atoms with Crippen molar-refractivity contribution in [3.8, 4) is 0 Å². The molecule has 6 nitrogen and oxygen atoms in total. The van der Waals surface area contributed by atoms with Gasteiger partial charge in [-0.2, -0.15) is 0 Å². The fraction of sp³-hybridized carbons (Fsp3) is 0.706. The van der Waals surface area contributed by atoms with Gasteiger partial charge in [0.1, 0.15) is 12.3 Å². The number of thiazole rings is 1. The van der Waals surface area contributed by atoms with E-state index in [1.54, 1.807) is 10.9 Å². The predicted octanol–water partition coefficient (Wildman–Crippen LogP) is 1.78. The molecule has 2 aliphatic heterocycles. The summed E-state index contributed by atoms with van der Waals surface area (Å²) in [5, 5.41) is 1.79. The van der Waals surface area contributed by atoms with Crippen LogP contribution in [0.25, 0.3) is 0 Å². The van der Waals surface area contributed by atoms with E-state index in [2.05, 4.69) is 11.9 Å². The fourth-order valence-electron chi connectivity index (χ4n) is 3.88. The molecule has 0 N–H and O–H groups in total. The summed E-state index contributed by atoms with van der Waals surface area (Å²) in [5.41, 5.74) is 1.91. The number of aromatic nitrogens is 1. The number of carbonyl (C=O) groups excluding carboxylic acids is 2. The van der Waals surface area contributed by atoms with Gasteiger partial charge in [0.15, 0.2) is 0 Å². The molecule has 1 aromatic heterocycles. The standard InChI is InChI=1S/C17H23N3O3S/c1-12-17(23-9-15(21)20(12)8-13-2-3-13)4-6-19(7-5-17)16(22)14-10-24-11-18-14/h10-13H,2-9H2,1H3/t12-/m1/s1. The maximum atomic E-state index is 12.4. The van der Waals surface area contributed by atoms with Crippen LogP contribution >= 0.6 is 11.3 Å². The molecule has 24 heavy (non-hydrogen) atoms. The van der Waals surface area contributed by atoms with Gasteiger partial charge < -0.3 is 14.5 Å². The zero-order chi connectivity index (χ0) is 16.7. The van der Waals surface area contributed by atoms with E-state index in [-0.39, 0.29) is 30.1 Å². The Morgan fingerprint density at radius 1 is 1.42 bits per heavy atom. The average Bonchev–Trinajstić information content (AvgIpc) is 3.25. The summed E-state index contributed by atoms with van der Waals surface area (Å²) in [6, 6.07) is 0.0795. The smallest absolute Gasteiger partial charge is 0.273 e. The van der Waals surface area contributed by atoms with E-state index in [1.807, 2.05) is 9.80 Å². The summed E-state index contributed by atoms with van der Waals surface area (Å²) in [6.45, 7) is 4.47. The van der Waals surface area contributed by atoms with Crippen molar-refractivity contribution in [2.45, 2.75) is 44.2 Å². The lowest BCUT2D eigenvalue weighted by Crippen LogP contribution is -2.64. The number of rotatable bonds is 3. The molecule has 1 aromatic rings. The number of likely N-dealkylation sites (tertiary alicyclic amines) is 1. The third kappa shape index (κ3) is 2.84. The van der Waals surface area contributed by atoms with E-state index in [4.69, 9.17) is 4.74 Å². The van der Waals surface area contributed by atoms with Gasteiger partial charge in [-0.05, 0) is 38.5 Å². The van der Waals surface area contributed by atoms with Gasteiger partial charge in [0.2, 0.25) is 5.91 Å². The van der Waals surface area contributed by atoms with Gasteiger partial charge in [-0.15, -0.1) is 11.3 Å². The molecule has 3 fully saturated rings. The quantitative estimate of drug-likeness (QED) is 0.834. The third-order valence-corrected chi connectivity index (χ3v) is 6.32. The summed E-state index contributed by atoms with van der Waals surface area (Å²) in [4.78, 5) is 32.7. The van der Waals surface area contributed by atoms with Crippen molar-refractivity contribution in [3.05, 3.63) is 16.6 Å². The second-order valence-electron chi connectivity index (χ2n) is 7.18. The van der Waals surface area contributed by atoms with E-state index in [0.717, 1.165) is 19.4 Å². The van der Waals surface area contributed by atoms with Crippen LogP contribution in [0.3, 0.4) is 0 Å². The van der Waals surface area contributed by atoms with E-state index >= 15 is 0 Å². The molecule has 0 radical (unpaired) electrons. The molecule has 7 heteroatoms. The minimum atomic E-state index is -0.304. The number of piperidine rings is 1. The molecular weight excluding hydrogens is 326 g/mol. The number of amides is 2. The molecule has 1 saturated carbocycles. The molecule has 2 amide bonds. The van der Waals surface area contributed by atoms with E-state index < -0.39 is 0 Å². The monoisotopic (exact) mass is 349 g/mol. The molecule has 4 rings (SSSR count). The minimum Gasteiger partial charge on any atom is -0.363 e. The Bertz CT molecular complexity index is 621. The highest BCUT2D eigenvalue weighted by Crippen LogP contribution is 2.38. The van der Waals surface area contributed by atoms with Crippen molar-refractivity contribution >= 4 is 23.2 Å². The number of morpholine rings is 1. The van der Waals surface area contributed by atoms with Crippen LogP contribution in [0, 0.1) is 5.92 Å². The number of hydrogen-bond donors (Lipinski definition) is 0. The largest absolute Gasteiger partial charge is 0.363 e. The lowest BCUT2D eigenvalue weighted by atomic mass is 9.82. The van der Waals surface area contributed by atoms with Gasteiger partial charge in [-0.1, -0.05) is 0 Å². The van der Waals surface area contributed by atoms with Crippen molar-refractivity contribution in [2.24, 2.45) is 5.92 Å². The Morgan fingerprint density at radius 2 is 2.17 bits per heavy atom. The first-order chi connectivity index (χ1) is 11.6. The molecule has 3 aliphatic rings. The average molecular weight is 349 g/mol. The van der Waals surface area contributed by atoms with Crippen LogP contribution in [-0.2, 0) is 9.53 Å². The van der Waals surface area contributed by atoms with Gasteiger partial charge >= 0.3 is 0 Å². The summed E-state index contributed by atoms with van der Waals surface area (Å²) in [5.74, 6) is 0.791. The Balaban J connectivity index is 1.43. The van der Waals surface area contributed by atoms with Gasteiger partial charge in [-0.25, -0.2) is 4.98 Å². The molecule has 1 atom stereocenters. The molecule has 2 saturated heterocycles. The van der Waals surface area contributed by atoms with Gasteiger partial charge in [0.25, 0.3) is 5.91 Å². The first-order valence-electron chi connectivity index (χ1n) is 8.70. The van der Waals surface area contributed by atoms with Crippen molar-refractivity contribution in [3.63, 3.8) is 0 Å². The van der Waals surface area contributed by atoms with Crippen LogP contribution in [0.2, 0.25) is 0 Å². The van der Waals surface area contributed by atoms with Crippen LogP contribution < -0.4 is 0 Å². The van der Waals surface area contributed by atoms with Gasteiger partial charge in [0, 0.05) is 25.0 Å². The van der Waals surface area contributed by atoms with E-state index in [0.29, 0.717) is 24.7 Å². The number of ether oxygens (including phenoxy) is 1. The normalized spacial score (nSPS) is 26.9. The molecule has 130 valence electrons. The zero-order valence-corrected chi connectivity index (χ0v) is 14.8. The summed E-state index contributed by atoms with van der Waals surface area (Å²) in [6.07, 6.45) is 4.03. The first-order valence-corrected chi connectivity index (χ1v) is 9.64. The molecular formula is C17H23N3O3S. The summed E-state index contributed by atoms with van der Waals surface area (Å²) < 4.78 is 6.04. The molecule has 0 unspecified atom stereocenters. The minimum absolute atomic E-state index is 0.000440. The SMILES string of the molecule is C[C@H]1N(CC2CC2)C(=O)COC12CCN(C(=O)c1cscn1)CC2. The van der Waals surface area contributed by atoms with Crippen molar-refractivity contribution in [1.82, 2.24) is 14.8 Å². The van der Waals surface area contributed by atoms with Crippen LogP contribution in [0.1, 0.15) is 43.1 Å². The highest BCUT2D eigenvalue weighted by molar-refractivity contribution is 7.07. The zero-order valence-electron chi connectivity index (χ0n) is 13.9. The van der Waals surface area contributed by atoms with E-state index in [9.17, 15) is 9.59 Å². The highest BCUT2D eigenvalue weighted by Gasteiger charge is 2.49. The fourth-order valence-corrected chi connectivity index (χ4v) is 4.40. The molecule has 1 aliphatic carbocycles. The van der Waals surface area contributed by atoms with Crippen molar-refractivity contribution < 1.29 is 14.3 Å². The van der Waals surface area contributed by atoms with Gasteiger partial charge in [-0.3, -0.25) is 9.59 Å². The predicted molar refractivity (Wildman–Crippen MR) is 89.8 cm³/mol. The van der Waals surface area contributed by atoms with E-state index in [1.165, 1.54) is 24.2 Å². The molecule has 0 bridgehead atoms. The maximum absolute atomic E-state index is 12.4. The maximum Gasteiger partial charge on any atom is 0.273 e. The van der Waals surface area contributed by atoms with Crippen molar-refractivity contribution in [2.75, 3.05) is 26.2 Å². The highest BCUT2D eigenvalue weighted by atomic mass is 32.1. The lowest BCUT2D eigenvalue weighted by Gasteiger charge is -2.51. The number of carbonyl (C=O) groups is 2. The summed E-state index contributed by atoms with van der Waals surface area (Å²) >= 11 is 1.44. The van der Waals surface area contributed by atoms with Crippen LogP contribution in [-0.4, -0.2) is 64.5 Å². The Labute approximate surface area is 145 Å². The Kier molecular flexibility index (Phi) is 4.08. The number of nitrogens with zero attached hydrogens (tertiary/aromatic N) is 3. The molecule has 0 aromatic carbocycles. The van der Waals surface area contributed by atoms with Crippen LogP contribution in [0.15, 0.2) is 10.9 Å². The van der Waals surface area contributed by atoms with Crippen LogP contribution in [0.4, 0.5) is 0 Å². The Hall–Kier alpha value is -1.47. The molecule has 1 spiro atoms. The first kappa shape index (κ1) is 16.0. The Morgan fingerprint density at radius 3 is 2.79 bits per heavy atom. The van der Waals surface area contributed by atoms with Gasteiger partial charge in [0.05, 0.1) is 17.2 Å². The summed E-state index contributed by atoms with van der Waals surface area (Å²) in [7, 11) is 0. The number of hydrogen-bond acceptors (Lipinski definition) is 5. The second kappa shape index (κ2) is 6.11. The van der Waals surface area contributed by atoms with Crippen LogP contribution in [0.5, 0.6) is 0 Å². The third-order valence-electron chi connectivity index (χ3n) is 5.73. The van der Waals surface area contributed by atoms with Crippen molar-refractivity contribution in [1.29, 1.82) is 0 Å². The topological polar surface area (TPSA) is 62.7 Å². The lowest BCUT2D eigenvalue weighted by molar-refractivity contribution is -0.185.